The molecule has 0 aliphatic carbocycles. The van der Waals surface area contributed by atoms with Crippen molar-refractivity contribution in [1.29, 1.82) is 0 Å². The van der Waals surface area contributed by atoms with E-state index in [0.29, 0.717) is 4.90 Å². The van der Waals surface area contributed by atoms with E-state index in [1.165, 1.54) is 0 Å². The third-order valence-corrected chi connectivity index (χ3v) is 2.52. The zero-order valence-corrected chi connectivity index (χ0v) is 8.02. The molecule has 2 rings (SSSR count). The van der Waals surface area contributed by atoms with Gasteiger partial charge in [-0.2, -0.15) is 0 Å². The highest BCUT2D eigenvalue weighted by Gasteiger charge is 1.99. The van der Waals surface area contributed by atoms with E-state index in [1.807, 2.05) is 10.8 Å². The number of imidazole rings is 1. The van der Waals surface area contributed by atoms with Gasteiger partial charge in [-0.25, -0.2) is 9.19 Å². The third kappa shape index (κ3) is 1.73. The van der Waals surface area contributed by atoms with Crippen molar-refractivity contribution >= 4 is 11.1 Å². The van der Waals surface area contributed by atoms with Gasteiger partial charge >= 0.3 is 0 Å². The summed E-state index contributed by atoms with van der Waals surface area (Å²) in [5, 5.41) is 0. The minimum Gasteiger partial charge on any atom is -0.306 e. The topological polar surface area (TPSA) is 55.1 Å². The Morgan fingerprint density at radius 1 is 1.29 bits per heavy atom. The van der Waals surface area contributed by atoms with Gasteiger partial charge in [-0.05, 0) is 24.3 Å². The first-order valence-corrected chi connectivity index (χ1v) is 5.07. The second-order valence-electron chi connectivity index (χ2n) is 2.71. The molecular weight excluding hydrogens is 200 g/mol. The SMILES string of the molecule is O=S(O)c1ccc(-n2ccnc2)cc1. The van der Waals surface area contributed by atoms with Gasteiger partial charge in [0.25, 0.3) is 0 Å². The Morgan fingerprint density at radius 2 is 2.00 bits per heavy atom. The standard InChI is InChI=1S/C9H8N2O2S/c12-14(13)9-3-1-8(2-4-9)11-6-5-10-7-11/h1-7H,(H,12,13). The highest BCUT2D eigenvalue weighted by Crippen LogP contribution is 2.10. The Labute approximate surface area is 83.5 Å². The van der Waals surface area contributed by atoms with Gasteiger partial charge in [0.1, 0.15) is 0 Å². The van der Waals surface area contributed by atoms with Crippen LogP contribution in [0.25, 0.3) is 5.69 Å². The molecule has 1 aromatic carbocycles. The molecule has 0 spiro atoms. The Kier molecular flexibility index (Phi) is 2.43. The van der Waals surface area contributed by atoms with Gasteiger partial charge in [-0.3, -0.25) is 0 Å². The third-order valence-electron chi connectivity index (χ3n) is 1.84. The first-order chi connectivity index (χ1) is 6.77. The van der Waals surface area contributed by atoms with Crippen LogP contribution >= 0.6 is 0 Å². The summed E-state index contributed by atoms with van der Waals surface area (Å²) >= 11 is -1.91. The van der Waals surface area contributed by atoms with Gasteiger partial charge in [-0.15, -0.1) is 0 Å². The number of aromatic nitrogens is 2. The number of benzene rings is 1. The molecule has 0 saturated heterocycles. The molecule has 1 heterocycles. The van der Waals surface area contributed by atoms with Gasteiger partial charge in [-0.1, -0.05) is 0 Å². The molecule has 4 nitrogen and oxygen atoms in total. The van der Waals surface area contributed by atoms with Crippen LogP contribution in [-0.2, 0) is 11.1 Å². The highest BCUT2D eigenvalue weighted by molar-refractivity contribution is 7.79. The fourth-order valence-corrected chi connectivity index (χ4v) is 1.52. The molecule has 1 atom stereocenters. The lowest BCUT2D eigenvalue weighted by atomic mass is 10.3. The molecular formula is C9H8N2O2S. The van der Waals surface area contributed by atoms with E-state index in [9.17, 15) is 4.21 Å². The first-order valence-electron chi connectivity index (χ1n) is 3.96. The van der Waals surface area contributed by atoms with Crippen LogP contribution in [0.15, 0.2) is 47.9 Å². The minimum atomic E-state index is -1.91. The van der Waals surface area contributed by atoms with Crippen molar-refractivity contribution in [3.05, 3.63) is 43.0 Å². The molecule has 72 valence electrons. The van der Waals surface area contributed by atoms with Crippen LogP contribution in [-0.4, -0.2) is 18.3 Å². The van der Waals surface area contributed by atoms with Crippen molar-refractivity contribution < 1.29 is 8.76 Å². The van der Waals surface area contributed by atoms with Gasteiger partial charge in [0.15, 0.2) is 11.1 Å². The summed E-state index contributed by atoms with van der Waals surface area (Å²) in [6.07, 6.45) is 5.16. The summed E-state index contributed by atoms with van der Waals surface area (Å²) in [7, 11) is 0. The highest BCUT2D eigenvalue weighted by atomic mass is 32.2. The van der Waals surface area contributed by atoms with Crippen LogP contribution in [0.1, 0.15) is 0 Å². The molecule has 1 unspecified atom stereocenters. The maximum absolute atomic E-state index is 10.7. The molecule has 2 aromatic rings. The van der Waals surface area contributed by atoms with Crippen LogP contribution in [0.2, 0.25) is 0 Å². The number of nitrogens with zero attached hydrogens (tertiary/aromatic N) is 2. The molecule has 14 heavy (non-hydrogen) atoms. The van der Waals surface area contributed by atoms with Crippen LogP contribution in [0.5, 0.6) is 0 Å². The number of rotatable bonds is 2. The quantitative estimate of drug-likeness (QED) is 0.760. The normalized spacial score (nSPS) is 12.6. The fourth-order valence-electron chi connectivity index (χ4n) is 1.15. The number of hydrogen-bond donors (Lipinski definition) is 1. The second-order valence-corrected chi connectivity index (χ2v) is 3.68. The van der Waals surface area contributed by atoms with Crippen molar-refractivity contribution in [2.24, 2.45) is 0 Å². The Bertz CT molecular complexity index is 436. The van der Waals surface area contributed by atoms with Crippen LogP contribution in [0.4, 0.5) is 0 Å². The van der Waals surface area contributed by atoms with Crippen molar-refractivity contribution in [2.75, 3.05) is 0 Å². The smallest absolute Gasteiger partial charge is 0.186 e. The lowest BCUT2D eigenvalue weighted by molar-refractivity contribution is 0.564. The average molecular weight is 208 g/mol. The molecule has 0 bridgehead atoms. The monoisotopic (exact) mass is 208 g/mol. The maximum Gasteiger partial charge on any atom is 0.186 e. The van der Waals surface area contributed by atoms with E-state index in [4.69, 9.17) is 4.55 Å². The minimum absolute atomic E-state index is 0.397. The molecule has 0 saturated carbocycles. The summed E-state index contributed by atoms with van der Waals surface area (Å²) in [6, 6.07) is 6.77. The van der Waals surface area contributed by atoms with Crippen molar-refractivity contribution in [2.45, 2.75) is 4.90 Å². The lowest BCUT2D eigenvalue weighted by Crippen LogP contribution is -1.92. The van der Waals surface area contributed by atoms with E-state index >= 15 is 0 Å². The Balaban J connectivity index is 2.36. The molecule has 0 aliphatic rings. The fraction of sp³-hybridized carbons (Fsp3) is 0. The molecule has 1 N–H and O–H groups in total. The molecule has 0 amide bonds. The lowest BCUT2D eigenvalue weighted by Gasteiger charge is -2.01. The summed E-state index contributed by atoms with van der Waals surface area (Å²) in [4.78, 5) is 4.31. The van der Waals surface area contributed by atoms with Gasteiger partial charge < -0.3 is 9.12 Å². The number of hydrogen-bond acceptors (Lipinski definition) is 2. The van der Waals surface area contributed by atoms with Crippen LogP contribution in [0.3, 0.4) is 0 Å². The predicted octanol–water partition coefficient (Wildman–Crippen LogP) is 1.45. The molecule has 5 heteroatoms. The second kappa shape index (κ2) is 3.73. The molecule has 0 fully saturated rings. The Morgan fingerprint density at radius 3 is 2.50 bits per heavy atom. The van der Waals surface area contributed by atoms with Gasteiger partial charge in [0.05, 0.1) is 11.2 Å². The average Bonchev–Trinajstić information content (AvgIpc) is 2.71. The van der Waals surface area contributed by atoms with Gasteiger partial charge in [0.2, 0.25) is 0 Å². The zero-order chi connectivity index (χ0) is 9.97. The first kappa shape index (κ1) is 9.11. The Hall–Kier alpha value is -1.46. The molecule has 0 aliphatic heterocycles. The predicted molar refractivity (Wildman–Crippen MR) is 52.6 cm³/mol. The summed E-state index contributed by atoms with van der Waals surface area (Å²) in [5.74, 6) is 0. The maximum atomic E-state index is 10.7. The molecule has 1 aromatic heterocycles. The van der Waals surface area contributed by atoms with E-state index in [2.05, 4.69) is 4.98 Å². The van der Waals surface area contributed by atoms with E-state index in [1.54, 1.807) is 36.8 Å². The van der Waals surface area contributed by atoms with Crippen molar-refractivity contribution in [1.82, 2.24) is 9.55 Å². The summed E-state index contributed by atoms with van der Waals surface area (Å²) in [5.41, 5.74) is 0.914. The summed E-state index contributed by atoms with van der Waals surface area (Å²) < 4.78 is 21.3. The summed E-state index contributed by atoms with van der Waals surface area (Å²) in [6.45, 7) is 0. The largest absolute Gasteiger partial charge is 0.306 e. The van der Waals surface area contributed by atoms with Crippen molar-refractivity contribution in [3.63, 3.8) is 0 Å². The van der Waals surface area contributed by atoms with Crippen LogP contribution < -0.4 is 0 Å². The zero-order valence-electron chi connectivity index (χ0n) is 7.20. The van der Waals surface area contributed by atoms with Crippen molar-refractivity contribution in [3.8, 4) is 5.69 Å². The van der Waals surface area contributed by atoms with Gasteiger partial charge in [0, 0.05) is 18.1 Å². The van der Waals surface area contributed by atoms with E-state index in [0.717, 1.165) is 5.69 Å². The van der Waals surface area contributed by atoms with E-state index in [-0.39, 0.29) is 0 Å². The molecule has 0 radical (unpaired) electrons. The van der Waals surface area contributed by atoms with Crippen LogP contribution in [0, 0.1) is 0 Å². The van der Waals surface area contributed by atoms with E-state index < -0.39 is 11.1 Å².